The molecule has 2 aromatic rings. The molecular weight excluding hydrogens is 475 g/mol. The Morgan fingerprint density at radius 2 is 1.76 bits per heavy atom. The average molecular weight is 512 g/mol. The van der Waals surface area contributed by atoms with E-state index < -0.39 is 24.4 Å². The van der Waals surface area contributed by atoms with Gasteiger partial charge in [0.2, 0.25) is 5.79 Å². The molecule has 4 rings (SSSR count). The summed E-state index contributed by atoms with van der Waals surface area (Å²) in [5.41, 5.74) is 8.26. The summed E-state index contributed by atoms with van der Waals surface area (Å²) < 4.78 is 10.9. The van der Waals surface area contributed by atoms with Crippen molar-refractivity contribution in [3.8, 4) is 16.9 Å². The second-order valence-corrected chi connectivity index (χ2v) is 10.4. The van der Waals surface area contributed by atoms with Crippen LogP contribution < -0.4 is 15.8 Å². The maximum atomic E-state index is 11.9. The Kier molecular flexibility index (Phi) is 8.89. The van der Waals surface area contributed by atoms with Gasteiger partial charge in [0.1, 0.15) is 17.9 Å². The van der Waals surface area contributed by atoms with E-state index in [1.807, 2.05) is 24.3 Å². The molecule has 1 saturated heterocycles. The van der Waals surface area contributed by atoms with E-state index in [0.717, 1.165) is 16.7 Å². The molecule has 1 heterocycles. The molecule has 37 heavy (non-hydrogen) atoms. The highest BCUT2D eigenvalue weighted by atomic mass is 16.7. The molecule has 9 nitrogen and oxygen atoms in total. The first-order valence-electron chi connectivity index (χ1n) is 13.0. The molecule has 1 aliphatic carbocycles. The maximum absolute atomic E-state index is 11.9. The number of hydrogen-bond donors (Lipinski definition) is 6. The number of nitrogens with two attached hydrogens (primary N) is 1. The van der Waals surface area contributed by atoms with Crippen molar-refractivity contribution in [3.05, 3.63) is 54.1 Å². The number of carboxylic acids is 1. The van der Waals surface area contributed by atoms with Crippen molar-refractivity contribution < 1.29 is 34.5 Å². The Morgan fingerprint density at radius 1 is 1.11 bits per heavy atom. The molecule has 10 heteroatoms. The van der Waals surface area contributed by atoms with Crippen LogP contribution in [0.15, 0.2) is 48.5 Å². The Bertz CT molecular complexity index is 1020. The first kappa shape index (κ1) is 27.6. The van der Waals surface area contributed by atoms with Crippen LogP contribution >= 0.6 is 0 Å². The zero-order valence-corrected chi connectivity index (χ0v) is 21.0. The Balaban J connectivity index is 1.22. The van der Waals surface area contributed by atoms with Crippen LogP contribution in [0.4, 0.5) is 0 Å². The smallest absolute Gasteiger partial charge is 0.451 e. The molecule has 0 amide bonds. The van der Waals surface area contributed by atoms with Crippen LogP contribution in [0.25, 0.3) is 11.1 Å². The summed E-state index contributed by atoms with van der Waals surface area (Å²) in [7, 11) is -1.37. The van der Waals surface area contributed by atoms with Crippen LogP contribution in [0.3, 0.4) is 0 Å². The van der Waals surface area contributed by atoms with Gasteiger partial charge >= 0.3 is 13.1 Å². The van der Waals surface area contributed by atoms with Crippen LogP contribution in [0, 0.1) is 5.92 Å². The standard InChI is InChI=1S/C27H37BN2O7/c29-27(25(31)32,11-1-2-13-28(34)35)22-15-23(16-22)30-17-19-3-5-20(6-4-19)21-7-9-24(10-8-21)37-26(33)12-14-36-18-26/h3-10,22-23,30,33-35H,1-2,11-18,29H2,(H,31,32)/t22-,23+,26?,27?. The summed E-state index contributed by atoms with van der Waals surface area (Å²) in [6.07, 6.45) is 3.51. The van der Waals surface area contributed by atoms with Gasteiger partial charge < -0.3 is 40.8 Å². The van der Waals surface area contributed by atoms with Crippen molar-refractivity contribution in [2.75, 3.05) is 13.2 Å². The minimum absolute atomic E-state index is 0.0993. The maximum Gasteiger partial charge on any atom is 0.451 e. The number of carbonyl (C=O) groups is 1. The number of aliphatic carboxylic acids is 1. The second kappa shape index (κ2) is 11.9. The Hall–Kier alpha value is -2.47. The number of hydrogen-bond acceptors (Lipinski definition) is 8. The van der Waals surface area contributed by atoms with Crippen molar-refractivity contribution in [2.24, 2.45) is 11.7 Å². The first-order chi connectivity index (χ1) is 17.7. The Morgan fingerprint density at radius 3 is 2.32 bits per heavy atom. The zero-order chi connectivity index (χ0) is 26.5. The van der Waals surface area contributed by atoms with E-state index >= 15 is 0 Å². The third-order valence-corrected chi connectivity index (χ3v) is 7.58. The number of unbranched alkanes of at least 4 members (excludes halogenated alkanes) is 1. The number of rotatable bonds is 13. The summed E-state index contributed by atoms with van der Waals surface area (Å²) in [6, 6.07) is 16.1. The number of ether oxygens (including phenoxy) is 2. The van der Waals surface area contributed by atoms with Crippen molar-refractivity contribution in [3.63, 3.8) is 0 Å². The van der Waals surface area contributed by atoms with Gasteiger partial charge in [0, 0.05) is 19.0 Å². The quantitative estimate of drug-likeness (QED) is 0.135. The molecule has 2 unspecified atom stereocenters. The molecule has 2 aliphatic rings. The van der Waals surface area contributed by atoms with Crippen molar-refractivity contribution >= 4 is 13.1 Å². The second-order valence-electron chi connectivity index (χ2n) is 10.4. The van der Waals surface area contributed by atoms with Crippen LogP contribution in [0.5, 0.6) is 5.75 Å². The van der Waals surface area contributed by atoms with Gasteiger partial charge in [-0.1, -0.05) is 49.2 Å². The summed E-state index contributed by atoms with van der Waals surface area (Å²) in [5, 5.41) is 41.4. The van der Waals surface area contributed by atoms with Gasteiger partial charge in [0.25, 0.3) is 0 Å². The van der Waals surface area contributed by atoms with Gasteiger partial charge in [-0.15, -0.1) is 0 Å². The minimum Gasteiger partial charge on any atom is -0.480 e. The lowest BCUT2D eigenvalue weighted by molar-refractivity contribution is -0.148. The fourth-order valence-corrected chi connectivity index (χ4v) is 5.06. The fourth-order valence-electron chi connectivity index (χ4n) is 5.06. The number of nitrogens with one attached hydrogen (secondary N) is 1. The molecule has 7 N–H and O–H groups in total. The molecule has 2 aromatic carbocycles. The predicted octanol–water partition coefficient (Wildman–Crippen LogP) is 2.13. The summed E-state index contributed by atoms with van der Waals surface area (Å²) in [6.45, 7) is 1.35. The van der Waals surface area contributed by atoms with Gasteiger partial charge in [-0.2, -0.15) is 0 Å². The molecule has 1 saturated carbocycles. The lowest BCUT2D eigenvalue weighted by Crippen LogP contribution is -2.61. The van der Waals surface area contributed by atoms with Crippen LogP contribution in [0.1, 0.15) is 44.1 Å². The van der Waals surface area contributed by atoms with Crippen molar-refractivity contribution in [1.29, 1.82) is 0 Å². The summed E-state index contributed by atoms with van der Waals surface area (Å²) >= 11 is 0. The molecular formula is C27H37BN2O7. The van der Waals surface area contributed by atoms with E-state index in [1.165, 1.54) is 0 Å². The highest BCUT2D eigenvalue weighted by molar-refractivity contribution is 6.40. The molecule has 1 aliphatic heterocycles. The van der Waals surface area contributed by atoms with E-state index in [2.05, 4.69) is 29.6 Å². The topological polar surface area (TPSA) is 154 Å². The summed E-state index contributed by atoms with van der Waals surface area (Å²) in [4.78, 5) is 11.9. The van der Waals surface area contributed by atoms with Gasteiger partial charge in [-0.05, 0) is 60.3 Å². The van der Waals surface area contributed by atoms with Crippen LogP contribution in [0.2, 0.25) is 6.32 Å². The van der Waals surface area contributed by atoms with E-state index in [1.54, 1.807) is 0 Å². The first-order valence-corrected chi connectivity index (χ1v) is 13.0. The molecule has 2 fully saturated rings. The minimum atomic E-state index is -1.37. The molecule has 0 spiro atoms. The van der Waals surface area contributed by atoms with Gasteiger partial charge in [0.05, 0.1) is 6.61 Å². The highest BCUT2D eigenvalue weighted by Crippen LogP contribution is 2.38. The van der Waals surface area contributed by atoms with E-state index in [4.69, 9.17) is 25.3 Å². The SMILES string of the molecule is NC(CCCCB(O)O)(C(=O)O)[C@H]1C[C@@H](NCc2ccc(-c3ccc(OC4(O)CCOC4)cc3)cc2)C1. The molecule has 200 valence electrons. The normalized spacial score (nSPS) is 24.8. The summed E-state index contributed by atoms with van der Waals surface area (Å²) in [5.74, 6) is -1.73. The monoisotopic (exact) mass is 512 g/mol. The van der Waals surface area contributed by atoms with Crippen LogP contribution in [-0.2, 0) is 16.1 Å². The molecule has 2 atom stereocenters. The fraction of sp³-hybridized carbons (Fsp3) is 0.519. The number of benzene rings is 2. The lowest BCUT2D eigenvalue weighted by Gasteiger charge is -2.45. The van der Waals surface area contributed by atoms with E-state index in [0.29, 0.717) is 57.4 Å². The lowest BCUT2D eigenvalue weighted by atomic mass is 9.66. The molecule has 0 radical (unpaired) electrons. The van der Waals surface area contributed by atoms with Gasteiger partial charge in [-0.3, -0.25) is 4.79 Å². The third-order valence-electron chi connectivity index (χ3n) is 7.58. The molecule has 0 aromatic heterocycles. The van der Waals surface area contributed by atoms with Gasteiger partial charge in [0.15, 0.2) is 0 Å². The van der Waals surface area contributed by atoms with E-state index in [-0.39, 0.29) is 24.9 Å². The largest absolute Gasteiger partial charge is 0.480 e. The van der Waals surface area contributed by atoms with Crippen molar-refractivity contribution in [2.45, 2.75) is 68.8 Å². The third kappa shape index (κ3) is 7.10. The highest BCUT2D eigenvalue weighted by Gasteiger charge is 2.48. The van der Waals surface area contributed by atoms with Crippen LogP contribution in [-0.4, -0.2) is 63.9 Å². The predicted molar refractivity (Wildman–Crippen MR) is 140 cm³/mol. The zero-order valence-electron chi connectivity index (χ0n) is 21.0. The number of carboxylic acid groups (broad SMARTS) is 1. The van der Waals surface area contributed by atoms with E-state index in [9.17, 15) is 15.0 Å². The Labute approximate surface area is 217 Å². The molecule has 0 bridgehead atoms. The van der Waals surface area contributed by atoms with Gasteiger partial charge in [-0.25, -0.2) is 0 Å². The van der Waals surface area contributed by atoms with Crippen molar-refractivity contribution in [1.82, 2.24) is 5.32 Å². The number of aliphatic hydroxyl groups is 1. The average Bonchev–Trinajstić information content (AvgIpc) is 3.27.